The van der Waals surface area contributed by atoms with E-state index in [1.807, 2.05) is 49.6 Å². The van der Waals surface area contributed by atoms with Crippen LogP contribution in [0.25, 0.3) is 10.2 Å². The number of amides is 1. The first-order chi connectivity index (χ1) is 16.4. The number of thioether (sulfide) groups is 1. The number of hydrogen-bond donors (Lipinski definition) is 1. The van der Waals surface area contributed by atoms with Crippen LogP contribution >= 0.6 is 34.4 Å². The Morgan fingerprint density at radius 2 is 1.88 bits per heavy atom. The molecule has 1 N–H and O–H groups in total. The van der Waals surface area contributed by atoms with Crippen LogP contribution in [0.5, 0.6) is 0 Å². The van der Waals surface area contributed by atoms with Gasteiger partial charge in [-0.1, -0.05) is 58.1 Å². The van der Waals surface area contributed by atoms with Crippen LogP contribution in [0.3, 0.4) is 0 Å². The van der Waals surface area contributed by atoms with Crippen LogP contribution in [0, 0.1) is 0 Å². The van der Waals surface area contributed by atoms with Crippen molar-refractivity contribution in [2.24, 2.45) is 0 Å². The van der Waals surface area contributed by atoms with Crippen LogP contribution in [-0.4, -0.2) is 21.2 Å². The van der Waals surface area contributed by atoms with Crippen LogP contribution in [-0.2, 0) is 17.8 Å². The number of nitrogens with zero attached hydrogens (tertiary/aromatic N) is 2. The molecule has 2 aromatic carbocycles. The van der Waals surface area contributed by atoms with Gasteiger partial charge in [0.05, 0.1) is 33.9 Å². The first-order valence-corrected chi connectivity index (χ1v) is 14.2. The average molecular weight is 514 g/mol. The molecule has 0 spiro atoms. The summed E-state index contributed by atoms with van der Waals surface area (Å²) in [6.45, 7) is 10.8. The number of benzene rings is 2. The summed E-state index contributed by atoms with van der Waals surface area (Å²) in [6, 6.07) is 13.7. The van der Waals surface area contributed by atoms with Crippen molar-refractivity contribution in [1.29, 1.82) is 0 Å². The van der Waals surface area contributed by atoms with Crippen molar-refractivity contribution < 1.29 is 4.79 Å². The second-order valence-electron chi connectivity index (χ2n) is 7.77. The second-order valence-corrected chi connectivity index (χ2v) is 11.0. The van der Waals surface area contributed by atoms with Gasteiger partial charge in [0, 0.05) is 21.9 Å². The van der Waals surface area contributed by atoms with Gasteiger partial charge in [0.1, 0.15) is 0 Å². The zero-order valence-electron chi connectivity index (χ0n) is 20.3. The zero-order chi connectivity index (χ0) is 24.7. The Morgan fingerprint density at radius 1 is 1.15 bits per heavy atom. The van der Waals surface area contributed by atoms with E-state index in [0.717, 1.165) is 32.2 Å². The predicted molar refractivity (Wildman–Crippen MR) is 148 cm³/mol. The monoisotopic (exact) mass is 513 g/mol. The van der Waals surface area contributed by atoms with Crippen LogP contribution in [0.1, 0.15) is 56.8 Å². The topological polar surface area (TPSA) is 64.0 Å². The maximum Gasteiger partial charge on any atom is 0.308 e. The normalized spacial score (nSPS) is 10.9. The number of rotatable bonds is 8. The Morgan fingerprint density at radius 3 is 2.53 bits per heavy atom. The van der Waals surface area contributed by atoms with Gasteiger partial charge in [-0.3, -0.25) is 14.2 Å². The molecule has 2 aromatic heterocycles. The Labute approximate surface area is 213 Å². The fourth-order valence-corrected chi connectivity index (χ4v) is 5.79. The molecule has 4 aromatic rings. The lowest BCUT2D eigenvalue weighted by molar-refractivity contribution is -0.115. The van der Waals surface area contributed by atoms with Crippen molar-refractivity contribution in [2.45, 2.75) is 58.4 Å². The van der Waals surface area contributed by atoms with Crippen LogP contribution in [0.4, 0.5) is 5.69 Å². The minimum Gasteiger partial charge on any atom is -0.326 e. The molecule has 0 radical (unpaired) electrons. The summed E-state index contributed by atoms with van der Waals surface area (Å²) < 4.78 is 2.61. The number of nitrogens with one attached hydrogen (secondary N) is 1. The summed E-state index contributed by atoms with van der Waals surface area (Å²) >= 11 is 4.61. The molecule has 0 aliphatic heterocycles. The third-order valence-corrected chi connectivity index (χ3v) is 7.96. The number of hydrogen-bond acceptors (Lipinski definition) is 6. The highest BCUT2D eigenvalue weighted by atomic mass is 32.2. The minimum atomic E-state index is -0.0734. The Kier molecular flexibility index (Phi) is 9.50. The maximum atomic E-state index is 12.6. The van der Waals surface area contributed by atoms with Gasteiger partial charge in [0.15, 0.2) is 0 Å². The lowest BCUT2D eigenvalue weighted by Gasteiger charge is -2.07. The standard InChI is InChI=1S/C24H25N3O2S3.C2H6/c1-4-30-19-8-5-16(6-9-19)11-22(28)25-17-7-10-20-21(12-17)32-24(29)27(20)13-18-14-31-23(26-18)15(2)3;1-2/h5-10,12,14-15H,4,11,13H2,1-3H3,(H,25,28);1-2H3. The van der Waals surface area contributed by atoms with Crippen molar-refractivity contribution in [1.82, 2.24) is 9.55 Å². The molecule has 1 amide bonds. The van der Waals surface area contributed by atoms with E-state index in [1.54, 1.807) is 27.7 Å². The number of fused-ring (bicyclic) bond motifs is 1. The lowest BCUT2D eigenvalue weighted by atomic mass is 10.1. The molecule has 0 saturated carbocycles. The van der Waals surface area contributed by atoms with Gasteiger partial charge < -0.3 is 5.32 Å². The van der Waals surface area contributed by atoms with Gasteiger partial charge >= 0.3 is 4.87 Å². The van der Waals surface area contributed by atoms with E-state index in [1.165, 1.54) is 16.2 Å². The average Bonchev–Trinajstić information content (AvgIpc) is 3.41. The molecular weight excluding hydrogens is 483 g/mol. The first kappa shape index (κ1) is 26.2. The Hall–Kier alpha value is -2.42. The predicted octanol–water partition coefficient (Wildman–Crippen LogP) is 7.01. The molecule has 4 rings (SSSR count). The fourth-order valence-electron chi connectivity index (χ4n) is 3.38. The minimum absolute atomic E-state index is 0.0207. The molecule has 34 heavy (non-hydrogen) atoms. The molecule has 8 heteroatoms. The van der Waals surface area contributed by atoms with E-state index in [2.05, 4.69) is 43.2 Å². The van der Waals surface area contributed by atoms with Crippen molar-refractivity contribution in [3.8, 4) is 0 Å². The summed E-state index contributed by atoms with van der Waals surface area (Å²) in [5.74, 6) is 1.33. The van der Waals surface area contributed by atoms with E-state index in [-0.39, 0.29) is 10.8 Å². The molecule has 0 aliphatic carbocycles. The van der Waals surface area contributed by atoms with Crippen molar-refractivity contribution >= 4 is 56.2 Å². The molecule has 5 nitrogen and oxygen atoms in total. The maximum absolute atomic E-state index is 12.6. The summed E-state index contributed by atoms with van der Waals surface area (Å²) in [5.41, 5.74) is 3.44. The Balaban J connectivity index is 0.00000158. The summed E-state index contributed by atoms with van der Waals surface area (Å²) in [6.07, 6.45) is 0.314. The van der Waals surface area contributed by atoms with Gasteiger partial charge in [-0.15, -0.1) is 23.1 Å². The molecule has 0 unspecified atom stereocenters. The molecule has 0 bridgehead atoms. The van der Waals surface area contributed by atoms with Crippen molar-refractivity contribution in [3.63, 3.8) is 0 Å². The molecular formula is C26H31N3O2S3. The quantitative estimate of drug-likeness (QED) is 0.257. The lowest BCUT2D eigenvalue weighted by Crippen LogP contribution is -2.15. The molecule has 180 valence electrons. The highest BCUT2D eigenvalue weighted by Crippen LogP contribution is 2.25. The number of aromatic nitrogens is 2. The van der Waals surface area contributed by atoms with Gasteiger partial charge in [-0.05, 0) is 41.6 Å². The van der Waals surface area contributed by atoms with Gasteiger partial charge in [-0.2, -0.15) is 0 Å². The molecule has 0 fully saturated rings. The zero-order valence-corrected chi connectivity index (χ0v) is 22.7. The summed E-state index contributed by atoms with van der Waals surface area (Å²) in [5, 5.41) is 6.06. The number of carbonyl (C=O) groups excluding carboxylic acids is 1. The Bertz CT molecular complexity index is 1290. The van der Waals surface area contributed by atoms with E-state index in [4.69, 9.17) is 0 Å². The molecule has 0 atom stereocenters. The van der Waals surface area contributed by atoms with E-state index in [0.29, 0.717) is 24.6 Å². The second kappa shape index (κ2) is 12.3. The van der Waals surface area contributed by atoms with Crippen LogP contribution in [0.2, 0.25) is 0 Å². The number of anilines is 1. The van der Waals surface area contributed by atoms with E-state index in [9.17, 15) is 9.59 Å². The van der Waals surface area contributed by atoms with Gasteiger partial charge in [-0.25, -0.2) is 4.98 Å². The highest BCUT2D eigenvalue weighted by molar-refractivity contribution is 7.99. The number of thiazole rings is 2. The smallest absolute Gasteiger partial charge is 0.308 e. The van der Waals surface area contributed by atoms with E-state index < -0.39 is 0 Å². The molecule has 2 heterocycles. The summed E-state index contributed by atoms with van der Waals surface area (Å²) in [4.78, 5) is 30.9. The largest absolute Gasteiger partial charge is 0.326 e. The van der Waals surface area contributed by atoms with E-state index >= 15 is 0 Å². The van der Waals surface area contributed by atoms with Crippen molar-refractivity contribution in [3.05, 3.63) is 73.8 Å². The third kappa shape index (κ3) is 6.58. The molecule has 0 saturated heterocycles. The van der Waals surface area contributed by atoms with Gasteiger partial charge in [0.2, 0.25) is 5.91 Å². The van der Waals surface area contributed by atoms with Crippen molar-refractivity contribution in [2.75, 3.05) is 11.1 Å². The molecule has 0 aliphatic rings. The van der Waals surface area contributed by atoms with Crippen LogP contribution in [0.15, 0.2) is 57.5 Å². The SMILES string of the molecule is CC.CCSc1ccc(CC(=O)Nc2ccc3c(c2)sc(=O)n3Cc2csc(C(C)C)n2)cc1. The number of carbonyl (C=O) groups is 1. The first-order valence-electron chi connectivity index (χ1n) is 11.5. The van der Waals surface area contributed by atoms with Crippen LogP contribution < -0.4 is 10.2 Å². The highest BCUT2D eigenvalue weighted by Gasteiger charge is 2.13. The third-order valence-electron chi connectivity index (χ3n) is 4.93. The fraction of sp³-hybridized carbons (Fsp3) is 0.346. The summed E-state index contributed by atoms with van der Waals surface area (Å²) in [7, 11) is 0. The van der Waals surface area contributed by atoms with Gasteiger partial charge in [0.25, 0.3) is 0 Å².